The van der Waals surface area contributed by atoms with Crippen molar-refractivity contribution in [3.63, 3.8) is 0 Å². The van der Waals surface area contributed by atoms with Crippen LogP contribution in [0.3, 0.4) is 0 Å². The number of aromatic nitrogens is 1. The summed E-state index contributed by atoms with van der Waals surface area (Å²) in [7, 11) is 1.57. The zero-order valence-electron chi connectivity index (χ0n) is 21.9. The van der Waals surface area contributed by atoms with Gasteiger partial charge in [0.2, 0.25) is 5.91 Å². The Labute approximate surface area is 224 Å². The number of aliphatic hydroxyl groups excluding tert-OH is 1. The van der Waals surface area contributed by atoms with Crippen LogP contribution >= 0.6 is 0 Å². The van der Waals surface area contributed by atoms with E-state index in [1.54, 1.807) is 24.9 Å². The number of rotatable bonds is 10. The summed E-state index contributed by atoms with van der Waals surface area (Å²) in [6, 6.07) is 6.70. The number of ether oxygens (including phenoxy) is 1. The summed E-state index contributed by atoms with van der Waals surface area (Å²) in [5.41, 5.74) is 2.80. The Morgan fingerprint density at radius 2 is 1.87 bits per heavy atom. The van der Waals surface area contributed by atoms with Crippen LogP contribution in [0.25, 0.3) is 10.9 Å². The maximum Gasteiger partial charge on any atom is 0.249 e. The molecule has 1 atom stereocenters. The van der Waals surface area contributed by atoms with Gasteiger partial charge in [-0.2, -0.15) is 0 Å². The topological polar surface area (TPSA) is 107 Å². The van der Waals surface area contributed by atoms with E-state index in [-0.39, 0.29) is 18.7 Å². The number of aryl methyl sites for hydroxylation is 1. The molecule has 8 nitrogen and oxygen atoms in total. The molecular formula is C28H33F3N4O4. The van der Waals surface area contributed by atoms with Gasteiger partial charge >= 0.3 is 0 Å². The van der Waals surface area contributed by atoms with E-state index < -0.39 is 34.9 Å². The molecule has 11 heteroatoms. The van der Waals surface area contributed by atoms with Gasteiger partial charge < -0.3 is 20.1 Å². The van der Waals surface area contributed by atoms with E-state index >= 15 is 0 Å². The van der Waals surface area contributed by atoms with Crippen LogP contribution in [0.1, 0.15) is 42.9 Å². The lowest BCUT2D eigenvalue weighted by Crippen LogP contribution is -2.49. The predicted molar refractivity (Wildman–Crippen MR) is 140 cm³/mol. The summed E-state index contributed by atoms with van der Waals surface area (Å²) in [6.45, 7) is 3.55. The second-order valence-corrected chi connectivity index (χ2v) is 10.0. The third-order valence-electron chi connectivity index (χ3n) is 7.68. The fourth-order valence-corrected chi connectivity index (χ4v) is 5.38. The van der Waals surface area contributed by atoms with Crippen molar-refractivity contribution in [2.75, 3.05) is 38.6 Å². The Bertz CT molecular complexity index is 1310. The number of anilines is 1. The summed E-state index contributed by atoms with van der Waals surface area (Å²) in [5.74, 6) is -2.84. The number of methoxy groups -OCH3 is 1. The monoisotopic (exact) mass is 546 g/mol. The molecule has 0 bridgehead atoms. The van der Waals surface area contributed by atoms with Gasteiger partial charge in [-0.15, -0.1) is 0 Å². The molecule has 4 rings (SSSR count). The number of hydroxylamine groups is 1. The lowest BCUT2D eigenvalue weighted by atomic mass is 9.73. The number of carbonyl (C=O) groups is 1. The second kappa shape index (κ2) is 12.2. The molecule has 0 radical (unpaired) electrons. The highest BCUT2D eigenvalue weighted by molar-refractivity contribution is 5.85. The van der Waals surface area contributed by atoms with Crippen LogP contribution in [0.5, 0.6) is 5.75 Å². The number of carbonyl (C=O) groups excluding carboxylic acids is 1. The number of pyridine rings is 1. The number of nitrogens with one attached hydrogen (secondary N) is 2. The number of aliphatic hydroxyl groups is 1. The Morgan fingerprint density at radius 1 is 1.18 bits per heavy atom. The van der Waals surface area contributed by atoms with Crippen molar-refractivity contribution in [2.45, 2.75) is 38.7 Å². The molecule has 39 heavy (non-hydrogen) atoms. The number of piperidine rings is 1. The smallest absolute Gasteiger partial charge is 0.249 e. The molecule has 2 heterocycles. The first-order chi connectivity index (χ1) is 18.7. The molecule has 0 saturated carbocycles. The van der Waals surface area contributed by atoms with Crippen LogP contribution in [-0.4, -0.2) is 59.4 Å². The number of hydrogen-bond donors (Lipinski definition) is 4. The quantitative estimate of drug-likeness (QED) is 0.219. The Morgan fingerprint density at radius 3 is 2.51 bits per heavy atom. The first kappa shape index (κ1) is 28.6. The van der Waals surface area contributed by atoms with E-state index in [4.69, 9.17) is 4.74 Å². The molecule has 0 aliphatic carbocycles. The molecular weight excluding hydrogens is 513 g/mol. The molecule has 4 N–H and O–H groups in total. The van der Waals surface area contributed by atoms with Crippen LogP contribution in [0.2, 0.25) is 0 Å². The molecule has 1 aromatic heterocycles. The normalized spacial score (nSPS) is 16.2. The molecule has 1 unspecified atom stereocenters. The summed E-state index contributed by atoms with van der Waals surface area (Å²) < 4.78 is 46.2. The molecule has 2 aromatic carbocycles. The molecule has 1 fully saturated rings. The van der Waals surface area contributed by atoms with E-state index in [0.717, 1.165) is 22.0 Å². The van der Waals surface area contributed by atoms with Gasteiger partial charge in [0, 0.05) is 36.8 Å². The number of benzene rings is 2. The minimum absolute atomic E-state index is 0.217. The Balaban J connectivity index is 1.40. The standard InChI is InChI=1S/C28H33F3N4O4/c1-17-16-33-23-4-3-19(39-2)15-20(23)25(17)24(36)5-6-28(27(37)34-38)7-10-35(11-8-28)12-9-32-26-21(30)13-18(29)14-22(26)31/h3-4,13-16,24,32,36,38H,5-12H2,1-2H3,(H,34,37). The van der Waals surface area contributed by atoms with Crippen molar-refractivity contribution in [1.29, 1.82) is 0 Å². The van der Waals surface area contributed by atoms with Gasteiger partial charge in [-0.25, -0.2) is 18.7 Å². The lowest BCUT2D eigenvalue weighted by Gasteiger charge is -2.40. The van der Waals surface area contributed by atoms with Crippen molar-refractivity contribution in [3.05, 3.63) is 65.1 Å². The van der Waals surface area contributed by atoms with Crippen LogP contribution < -0.4 is 15.5 Å². The third kappa shape index (κ3) is 6.26. The molecule has 3 aromatic rings. The molecule has 0 spiro atoms. The van der Waals surface area contributed by atoms with Crippen molar-refractivity contribution >= 4 is 22.5 Å². The fraction of sp³-hybridized carbons (Fsp3) is 0.429. The van der Waals surface area contributed by atoms with Crippen LogP contribution in [-0.2, 0) is 4.79 Å². The highest BCUT2D eigenvalue weighted by Crippen LogP contribution is 2.40. The van der Waals surface area contributed by atoms with E-state index in [2.05, 4.69) is 10.3 Å². The molecule has 1 saturated heterocycles. The van der Waals surface area contributed by atoms with Gasteiger partial charge in [-0.1, -0.05) is 0 Å². The van der Waals surface area contributed by atoms with Gasteiger partial charge in [0.25, 0.3) is 0 Å². The molecule has 1 aliphatic rings. The van der Waals surface area contributed by atoms with Crippen molar-refractivity contribution < 1.29 is 33.0 Å². The zero-order chi connectivity index (χ0) is 28.2. The number of amides is 1. The average molecular weight is 547 g/mol. The molecule has 210 valence electrons. The van der Waals surface area contributed by atoms with Crippen LogP contribution in [0.15, 0.2) is 36.5 Å². The minimum Gasteiger partial charge on any atom is -0.497 e. The Kier molecular flexibility index (Phi) is 8.94. The van der Waals surface area contributed by atoms with Crippen molar-refractivity contribution in [1.82, 2.24) is 15.4 Å². The zero-order valence-corrected chi connectivity index (χ0v) is 21.9. The van der Waals surface area contributed by atoms with Crippen molar-refractivity contribution in [2.24, 2.45) is 5.41 Å². The van der Waals surface area contributed by atoms with E-state index in [1.807, 2.05) is 24.0 Å². The molecule has 1 aliphatic heterocycles. The summed E-state index contributed by atoms with van der Waals surface area (Å²) in [5, 5.41) is 24.2. The summed E-state index contributed by atoms with van der Waals surface area (Å²) in [4.78, 5) is 19.3. The lowest BCUT2D eigenvalue weighted by molar-refractivity contribution is -0.143. The average Bonchev–Trinajstić information content (AvgIpc) is 2.93. The largest absolute Gasteiger partial charge is 0.497 e. The number of halogens is 3. The van der Waals surface area contributed by atoms with E-state index in [0.29, 0.717) is 56.8 Å². The van der Waals surface area contributed by atoms with Crippen molar-refractivity contribution in [3.8, 4) is 5.75 Å². The summed E-state index contributed by atoms with van der Waals surface area (Å²) in [6.07, 6.45) is 2.32. The maximum atomic E-state index is 13.9. The highest BCUT2D eigenvalue weighted by Gasteiger charge is 2.41. The van der Waals surface area contributed by atoms with Crippen LogP contribution in [0.4, 0.5) is 18.9 Å². The molecule has 1 amide bonds. The van der Waals surface area contributed by atoms with Crippen LogP contribution in [0, 0.1) is 29.8 Å². The first-order valence-electron chi connectivity index (χ1n) is 12.8. The van der Waals surface area contributed by atoms with Gasteiger partial charge in [-0.3, -0.25) is 15.0 Å². The number of hydrogen-bond acceptors (Lipinski definition) is 7. The Hall–Kier alpha value is -3.41. The summed E-state index contributed by atoms with van der Waals surface area (Å²) >= 11 is 0. The first-order valence-corrected chi connectivity index (χ1v) is 12.8. The van der Waals surface area contributed by atoms with Gasteiger partial charge in [-0.05, 0) is 75.0 Å². The highest BCUT2D eigenvalue weighted by atomic mass is 19.1. The fourth-order valence-electron chi connectivity index (χ4n) is 5.38. The minimum atomic E-state index is -1.00. The van der Waals surface area contributed by atoms with Gasteiger partial charge in [0.15, 0.2) is 11.6 Å². The predicted octanol–water partition coefficient (Wildman–Crippen LogP) is 4.48. The van der Waals surface area contributed by atoms with E-state index in [9.17, 15) is 28.3 Å². The van der Waals surface area contributed by atoms with Gasteiger partial charge in [0.05, 0.1) is 24.1 Å². The number of nitrogens with zero attached hydrogens (tertiary/aromatic N) is 2. The second-order valence-electron chi connectivity index (χ2n) is 10.0. The number of fused-ring (bicyclic) bond motifs is 1. The third-order valence-corrected chi connectivity index (χ3v) is 7.68. The van der Waals surface area contributed by atoms with Gasteiger partial charge in [0.1, 0.15) is 17.3 Å². The maximum absolute atomic E-state index is 13.9. The van der Waals surface area contributed by atoms with E-state index in [1.165, 1.54) is 0 Å². The number of likely N-dealkylation sites (tertiary alicyclic amines) is 1. The SMILES string of the molecule is COc1ccc2ncc(C)c(C(O)CCC3(C(=O)NO)CCN(CCNc4c(F)cc(F)cc4F)CC3)c2c1.